The Labute approximate surface area is 108 Å². The van der Waals surface area contributed by atoms with Crippen LogP contribution in [0.2, 0.25) is 5.02 Å². The normalized spacial score (nSPS) is 14.4. The second kappa shape index (κ2) is 6.61. The van der Waals surface area contributed by atoms with E-state index >= 15 is 0 Å². The number of likely N-dealkylation sites (N-methyl/N-ethyl adjacent to an activating group) is 1. The Bertz CT molecular complexity index is 400. The quantitative estimate of drug-likeness (QED) is 0.875. The lowest BCUT2D eigenvalue weighted by molar-refractivity contribution is 0.234. The van der Waals surface area contributed by atoms with Crippen molar-refractivity contribution in [2.24, 2.45) is 11.7 Å². The highest BCUT2D eigenvalue weighted by atomic mass is 35.5. The van der Waals surface area contributed by atoms with Gasteiger partial charge < -0.3 is 5.73 Å². The molecule has 1 aromatic carbocycles. The largest absolute Gasteiger partial charge is 0.329 e. The van der Waals surface area contributed by atoms with Crippen LogP contribution in [0.1, 0.15) is 18.5 Å². The molecular weight excluding hydrogens is 234 g/mol. The van der Waals surface area contributed by atoms with Crippen LogP contribution in [-0.2, 0) is 0 Å². The van der Waals surface area contributed by atoms with Crippen molar-refractivity contribution in [2.45, 2.75) is 13.0 Å². The van der Waals surface area contributed by atoms with Crippen molar-refractivity contribution >= 4 is 11.6 Å². The van der Waals surface area contributed by atoms with Gasteiger partial charge in [-0.25, -0.2) is 0 Å². The molecule has 0 amide bonds. The first-order valence-corrected chi connectivity index (χ1v) is 6.02. The number of halogens is 1. The Morgan fingerprint density at radius 2 is 2.12 bits per heavy atom. The molecule has 0 saturated heterocycles. The topological polar surface area (TPSA) is 53.0 Å². The first-order chi connectivity index (χ1) is 8.10. The molecule has 0 radical (unpaired) electrons. The number of nitriles is 1. The highest BCUT2D eigenvalue weighted by Crippen LogP contribution is 2.26. The van der Waals surface area contributed by atoms with E-state index in [1.807, 2.05) is 38.2 Å². The van der Waals surface area contributed by atoms with Crippen molar-refractivity contribution in [1.29, 1.82) is 5.26 Å². The fraction of sp³-hybridized carbons (Fsp3) is 0.462. The van der Waals surface area contributed by atoms with E-state index in [1.165, 1.54) is 0 Å². The molecule has 0 saturated carbocycles. The van der Waals surface area contributed by atoms with Gasteiger partial charge in [-0.1, -0.05) is 29.8 Å². The van der Waals surface area contributed by atoms with Crippen LogP contribution in [0.3, 0.4) is 0 Å². The van der Waals surface area contributed by atoms with E-state index in [4.69, 9.17) is 22.6 Å². The maximum absolute atomic E-state index is 8.83. The number of rotatable bonds is 5. The minimum atomic E-state index is -0.0171. The van der Waals surface area contributed by atoms with Crippen LogP contribution in [0.5, 0.6) is 0 Å². The summed E-state index contributed by atoms with van der Waals surface area (Å²) in [6.07, 6.45) is 0. The van der Waals surface area contributed by atoms with Gasteiger partial charge in [0.2, 0.25) is 0 Å². The molecule has 0 bridgehead atoms. The maximum atomic E-state index is 8.83. The molecular formula is C13H18ClN3. The van der Waals surface area contributed by atoms with E-state index in [0.29, 0.717) is 13.1 Å². The van der Waals surface area contributed by atoms with E-state index in [2.05, 4.69) is 11.0 Å². The molecule has 2 unspecified atom stereocenters. The van der Waals surface area contributed by atoms with Crippen LogP contribution >= 0.6 is 11.6 Å². The molecule has 4 heteroatoms. The van der Waals surface area contributed by atoms with E-state index in [-0.39, 0.29) is 12.0 Å². The SMILES string of the molecule is CC(C#N)CN(C)C(CN)c1ccccc1Cl. The standard InChI is InChI=1S/C13H18ClN3/c1-10(7-15)9-17(2)13(8-16)11-5-3-4-6-12(11)14/h3-6,10,13H,8-9,16H2,1-2H3. The average Bonchev–Trinajstić information content (AvgIpc) is 2.32. The van der Waals surface area contributed by atoms with E-state index in [0.717, 1.165) is 10.6 Å². The van der Waals surface area contributed by atoms with Gasteiger partial charge in [0.05, 0.1) is 12.0 Å². The fourth-order valence-corrected chi connectivity index (χ4v) is 2.15. The van der Waals surface area contributed by atoms with Crippen molar-refractivity contribution in [3.05, 3.63) is 34.9 Å². The van der Waals surface area contributed by atoms with Gasteiger partial charge in [0.15, 0.2) is 0 Å². The maximum Gasteiger partial charge on any atom is 0.0666 e. The molecule has 1 aromatic rings. The Hall–Kier alpha value is -1.08. The lowest BCUT2D eigenvalue weighted by atomic mass is 10.0. The third-order valence-electron chi connectivity index (χ3n) is 2.80. The van der Waals surface area contributed by atoms with Crippen LogP contribution in [0.25, 0.3) is 0 Å². The Morgan fingerprint density at radius 3 is 2.65 bits per heavy atom. The summed E-state index contributed by atoms with van der Waals surface area (Å²) in [6.45, 7) is 3.07. The van der Waals surface area contributed by atoms with Gasteiger partial charge in [-0.2, -0.15) is 5.26 Å². The van der Waals surface area contributed by atoms with Crippen molar-refractivity contribution in [2.75, 3.05) is 20.1 Å². The zero-order valence-corrected chi connectivity index (χ0v) is 11.0. The summed E-state index contributed by atoms with van der Waals surface area (Å²) in [5.74, 6) is -0.0171. The van der Waals surface area contributed by atoms with Gasteiger partial charge in [0.1, 0.15) is 0 Å². The highest BCUT2D eigenvalue weighted by molar-refractivity contribution is 6.31. The molecule has 0 heterocycles. The summed E-state index contributed by atoms with van der Waals surface area (Å²) in [5, 5.41) is 9.55. The molecule has 2 N–H and O–H groups in total. The molecule has 92 valence electrons. The van der Waals surface area contributed by atoms with Crippen molar-refractivity contribution < 1.29 is 0 Å². The number of hydrogen-bond acceptors (Lipinski definition) is 3. The minimum absolute atomic E-state index is 0.0171. The molecule has 2 atom stereocenters. The molecule has 0 aromatic heterocycles. The lowest BCUT2D eigenvalue weighted by Crippen LogP contribution is -2.33. The smallest absolute Gasteiger partial charge is 0.0666 e. The zero-order valence-electron chi connectivity index (χ0n) is 10.2. The Morgan fingerprint density at radius 1 is 1.47 bits per heavy atom. The molecule has 0 aliphatic rings. The molecule has 3 nitrogen and oxygen atoms in total. The summed E-state index contributed by atoms with van der Waals surface area (Å²) < 4.78 is 0. The van der Waals surface area contributed by atoms with Crippen molar-refractivity contribution in [1.82, 2.24) is 4.90 Å². The van der Waals surface area contributed by atoms with Crippen LogP contribution in [0.4, 0.5) is 0 Å². The molecule has 0 fully saturated rings. The van der Waals surface area contributed by atoms with Crippen LogP contribution < -0.4 is 5.73 Å². The molecule has 0 aliphatic carbocycles. The summed E-state index contributed by atoms with van der Waals surface area (Å²) in [6, 6.07) is 9.97. The Balaban J connectivity index is 2.85. The summed E-state index contributed by atoms with van der Waals surface area (Å²) in [5.41, 5.74) is 6.83. The lowest BCUT2D eigenvalue weighted by Gasteiger charge is -2.28. The number of hydrogen-bond donors (Lipinski definition) is 1. The van der Waals surface area contributed by atoms with E-state index < -0.39 is 0 Å². The van der Waals surface area contributed by atoms with Gasteiger partial charge >= 0.3 is 0 Å². The van der Waals surface area contributed by atoms with Gasteiger partial charge in [-0.05, 0) is 25.6 Å². The van der Waals surface area contributed by atoms with Crippen LogP contribution in [-0.4, -0.2) is 25.0 Å². The summed E-state index contributed by atoms with van der Waals surface area (Å²) in [7, 11) is 1.97. The molecule has 0 aliphatic heterocycles. The van der Waals surface area contributed by atoms with Gasteiger partial charge in [0.25, 0.3) is 0 Å². The third kappa shape index (κ3) is 3.71. The van der Waals surface area contributed by atoms with Crippen molar-refractivity contribution in [3.63, 3.8) is 0 Å². The monoisotopic (exact) mass is 251 g/mol. The van der Waals surface area contributed by atoms with Crippen molar-refractivity contribution in [3.8, 4) is 6.07 Å². The highest BCUT2D eigenvalue weighted by Gasteiger charge is 2.19. The minimum Gasteiger partial charge on any atom is -0.329 e. The summed E-state index contributed by atoms with van der Waals surface area (Å²) >= 11 is 6.17. The number of benzene rings is 1. The average molecular weight is 252 g/mol. The number of nitrogens with zero attached hydrogens (tertiary/aromatic N) is 2. The first-order valence-electron chi connectivity index (χ1n) is 5.64. The molecule has 0 spiro atoms. The molecule has 17 heavy (non-hydrogen) atoms. The van der Waals surface area contributed by atoms with E-state index in [1.54, 1.807) is 0 Å². The van der Waals surface area contributed by atoms with Crippen LogP contribution in [0, 0.1) is 17.2 Å². The van der Waals surface area contributed by atoms with Gasteiger partial charge in [-0.3, -0.25) is 4.90 Å². The second-order valence-electron chi connectivity index (χ2n) is 4.24. The predicted octanol–water partition coefficient (Wildman–Crippen LogP) is 2.43. The van der Waals surface area contributed by atoms with Gasteiger partial charge in [0, 0.05) is 24.2 Å². The third-order valence-corrected chi connectivity index (χ3v) is 3.15. The second-order valence-corrected chi connectivity index (χ2v) is 4.65. The Kier molecular flexibility index (Phi) is 5.43. The molecule has 1 rings (SSSR count). The fourth-order valence-electron chi connectivity index (χ4n) is 1.89. The zero-order chi connectivity index (χ0) is 12.8. The van der Waals surface area contributed by atoms with E-state index in [9.17, 15) is 0 Å². The van der Waals surface area contributed by atoms with Gasteiger partial charge in [-0.15, -0.1) is 0 Å². The summed E-state index contributed by atoms with van der Waals surface area (Å²) in [4.78, 5) is 2.08. The number of nitrogens with two attached hydrogens (primary N) is 1. The van der Waals surface area contributed by atoms with Crippen LogP contribution in [0.15, 0.2) is 24.3 Å². The first kappa shape index (κ1) is 14.0. The predicted molar refractivity (Wildman–Crippen MR) is 70.7 cm³/mol.